The van der Waals surface area contributed by atoms with Gasteiger partial charge in [0.05, 0.1) is 11.6 Å². The van der Waals surface area contributed by atoms with Gasteiger partial charge in [-0.25, -0.2) is 0 Å². The lowest BCUT2D eigenvalue weighted by Crippen LogP contribution is -2.31. The zero-order valence-electron chi connectivity index (χ0n) is 21.9. The molecule has 0 fully saturated rings. The summed E-state index contributed by atoms with van der Waals surface area (Å²) >= 11 is 6.11. The van der Waals surface area contributed by atoms with Crippen LogP contribution in [0.2, 0.25) is 5.02 Å². The fourth-order valence-corrected chi connectivity index (χ4v) is 4.94. The molecule has 1 atom stereocenters. The van der Waals surface area contributed by atoms with Crippen LogP contribution in [0, 0.1) is 0 Å². The molecule has 194 valence electrons. The summed E-state index contributed by atoms with van der Waals surface area (Å²) in [6.45, 7) is 6.36. The van der Waals surface area contributed by atoms with E-state index in [0.717, 1.165) is 11.3 Å². The Hall–Kier alpha value is -4.03. The molecule has 7 heteroatoms. The average Bonchev–Trinajstić information content (AvgIpc) is 3.41. The molecule has 4 aromatic rings. The Labute approximate surface area is 226 Å². The van der Waals surface area contributed by atoms with Crippen molar-refractivity contribution >= 4 is 45.6 Å². The van der Waals surface area contributed by atoms with E-state index in [1.165, 1.54) is 4.90 Å². The van der Waals surface area contributed by atoms with Crippen LogP contribution in [0.5, 0.6) is 0 Å². The Bertz CT molecular complexity index is 1580. The quantitative estimate of drug-likeness (QED) is 0.276. The van der Waals surface area contributed by atoms with Crippen molar-refractivity contribution in [3.63, 3.8) is 0 Å². The molecule has 0 saturated heterocycles. The van der Waals surface area contributed by atoms with E-state index in [0.29, 0.717) is 27.2 Å². The number of rotatable bonds is 5. The van der Waals surface area contributed by atoms with E-state index in [2.05, 4.69) is 20.8 Å². The molecule has 1 aliphatic heterocycles. The smallest absolute Gasteiger partial charge is 0.294 e. The minimum atomic E-state index is -0.842. The maximum absolute atomic E-state index is 13.9. The third-order valence-electron chi connectivity index (χ3n) is 6.89. The molecule has 0 spiro atoms. The van der Waals surface area contributed by atoms with Gasteiger partial charge in [0.25, 0.3) is 5.91 Å². The van der Waals surface area contributed by atoms with E-state index in [1.54, 1.807) is 24.3 Å². The van der Waals surface area contributed by atoms with Gasteiger partial charge in [0, 0.05) is 35.9 Å². The monoisotopic (exact) mass is 528 g/mol. The van der Waals surface area contributed by atoms with Gasteiger partial charge >= 0.3 is 0 Å². The highest BCUT2D eigenvalue weighted by Gasteiger charge is 2.45. The molecular weight excluding hydrogens is 500 g/mol. The SMILES string of the molecule is CN(C)c1ccc(N2C(=O)C(O)=C(C(=O)c3cc4cc(Cl)ccc4o3)C2c2ccc(C(C)(C)C)cc2)cc1. The Morgan fingerprint density at radius 1 is 0.974 bits per heavy atom. The van der Waals surface area contributed by atoms with Crippen LogP contribution in [0.15, 0.2) is 88.5 Å². The number of carbonyl (C=O) groups is 2. The van der Waals surface area contributed by atoms with Crippen LogP contribution in [0.1, 0.15) is 48.5 Å². The summed E-state index contributed by atoms with van der Waals surface area (Å²) < 4.78 is 5.82. The molecule has 0 bridgehead atoms. The molecule has 5 rings (SSSR count). The highest BCUT2D eigenvalue weighted by atomic mass is 35.5. The number of aliphatic hydroxyl groups excluding tert-OH is 1. The van der Waals surface area contributed by atoms with Crippen LogP contribution in [-0.2, 0) is 10.2 Å². The van der Waals surface area contributed by atoms with Crippen molar-refractivity contribution in [1.82, 2.24) is 0 Å². The number of hydrogen-bond acceptors (Lipinski definition) is 5. The number of furan rings is 1. The third-order valence-corrected chi connectivity index (χ3v) is 7.13. The molecule has 2 heterocycles. The van der Waals surface area contributed by atoms with Gasteiger partial charge in [-0.3, -0.25) is 14.5 Å². The maximum atomic E-state index is 13.9. The number of ketones is 1. The fourth-order valence-electron chi connectivity index (χ4n) is 4.75. The van der Waals surface area contributed by atoms with Gasteiger partial charge in [0.2, 0.25) is 5.78 Å². The Balaban J connectivity index is 1.63. The fraction of sp³-hybridized carbons (Fsp3) is 0.226. The molecule has 0 radical (unpaired) electrons. The Kier molecular flexibility index (Phi) is 6.32. The summed E-state index contributed by atoms with van der Waals surface area (Å²) in [7, 11) is 3.86. The molecule has 6 nitrogen and oxygen atoms in total. The summed E-state index contributed by atoms with van der Waals surface area (Å²) in [6, 6.07) is 21.0. The highest BCUT2D eigenvalue weighted by molar-refractivity contribution is 6.31. The van der Waals surface area contributed by atoms with Crippen LogP contribution < -0.4 is 9.80 Å². The second-order valence-corrected chi connectivity index (χ2v) is 11.2. The number of amides is 1. The Morgan fingerprint density at radius 2 is 1.63 bits per heavy atom. The van der Waals surface area contributed by atoms with Crippen molar-refractivity contribution in [3.8, 4) is 0 Å². The van der Waals surface area contributed by atoms with E-state index in [-0.39, 0.29) is 16.7 Å². The van der Waals surface area contributed by atoms with Crippen LogP contribution in [0.4, 0.5) is 11.4 Å². The van der Waals surface area contributed by atoms with Gasteiger partial charge in [-0.2, -0.15) is 0 Å². The van der Waals surface area contributed by atoms with E-state index >= 15 is 0 Å². The van der Waals surface area contributed by atoms with E-state index in [1.807, 2.05) is 67.5 Å². The first-order chi connectivity index (χ1) is 18.0. The average molecular weight is 529 g/mol. The van der Waals surface area contributed by atoms with Crippen molar-refractivity contribution in [1.29, 1.82) is 0 Å². The summed E-state index contributed by atoms with van der Waals surface area (Å²) in [5, 5.41) is 12.3. The predicted octanol–water partition coefficient (Wildman–Crippen LogP) is 7.23. The number of benzene rings is 3. The lowest BCUT2D eigenvalue weighted by molar-refractivity contribution is -0.117. The largest absolute Gasteiger partial charge is 0.503 e. The van der Waals surface area contributed by atoms with Crippen LogP contribution in [0.3, 0.4) is 0 Å². The number of carbonyl (C=O) groups excluding carboxylic acids is 2. The van der Waals surface area contributed by atoms with Crippen molar-refractivity contribution in [2.24, 2.45) is 0 Å². The van der Waals surface area contributed by atoms with Gasteiger partial charge in [0.15, 0.2) is 11.5 Å². The maximum Gasteiger partial charge on any atom is 0.294 e. The lowest BCUT2D eigenvalue weighted by Gasteiger charge is -2.28. The zero-order valence-corrected chi connectivity index (χ0v) is 22.7. The van der Waals surface area contributed by atoms with Crippen molar-refractivity contribution in [2.45, 2.75) is 32.2 Å². The van der Waals surface area contributed by atoms with Gasteiger partial charge in [-0.15, -0.1) is 0 Å². The molecule has 3 aromatic carbocycles. The molecule has 1 aromatic heterocycles. The van der Waals surface area contributed by atoms with Crippen molar-refractivity contribution in [3.05, 3.63) is 106 Å². The number of aliphatic hydroxyl groups is 1. The number of nitrogens with zero attached hydrogens (tertiary/aromatic N) is 2. The molecule has 1 N–H and O–H groups in total. The minimum absolute atomic E-state index is 0.0257. The van der Waals surface area contributed by atoms with Crippen LogP contribution in [-0.4, -0.2) is 30.9 Å². The van der Waals surface area contributed by atoms with E-state index in [4.69, 9.17) is 16.0 Å². The number of hydrogen-bond donors (Lipinski definition) is 1. The van der Waals surface area contributed by atoms with Gasteiger partial charge < -0.3 is 14.4 Å². The molecule has 1 amide bonds. The summed E-state index contributed by atoms with van der Waals surface area (Å²) in [6.07, 6.45) is 0. The minimum Gasteiger partial charge on any atom is -0.503 e. The number of anilines is 2. The molecule has 0 saturated carbocycles. The topological polar surface area (TPSA) is 74.0 Å². The third kappa shape index (κ3) is 4.45. The molecule has 1 unspecified atom stereocenters. The van der Waals surface area contributed by atoms with E-state index in [9.17, 15) is 14.7 Å². The number of halogens is 1. The molecule has 1 aliphatic rings. The second kappa shape index (κ2) is 9.37. The zero-order chi connectivity index (χ0) is 27.4. The van der Waals surface area contributed by atoms with Gasteiger partial charge in [-0.1, -0.05) is 56.6 Å². The first-order valence-corrected chi connectivity index (χ1v) is 12.7. The molecule has 38 heavy (non-hydrogen) atoms. The van der Waals surface area contributed by atoms with Crippen molar-refractivity contribution < 1.29 is 19.1 Å². The van der Waals surface area contributed by atoms with Crippen molar-refractivity contribution in [2.75, 3.05) is 23.9 Å². The highest BCUT2D eigenvalue weighted by Crippen LogP contribution is 2.43. The van der Waals surface area contributed by atoms with E-state index < -0.39 is 23.5 Å². The first-order valence-electron chi connectivity index (χ1n) is 12.3. The van der Waals surface area contributed by atoms with Crippen LogP contribution >= 0.6 is 11.6 Å². The predicted molar refractivity (Wildman–Crippen MR) is 151 cm³/mol. The summed E-state index contributed by atoms with van der Waals surface area (Å²) in [5.41, 5.74) is 3.73. The number of fused-ring (bicyclic) bond motifs is 1. The van der Waals surface area contributed by atoms with Gasteiger partial charge in [-0.05, 0) is 65.1 Å². The second-order valence-electron chi connectivity index (χ2n) is 10.7. The first kappa shape index (κ1) is 25.6. The molecule has 0 aliphatic carbocycles. The summed E-state index contributed by atoms with van der Waals surface area (Å²) in [5.74, 6) is -1.76. The van der Waals surface area contributed by atoms with Crippen LogP contribution in [0.25, 0.3) is 11.0 Å². The Morgan fingerprint density at radius 3 is 2.24 bits per heavy atom. The normalized spacial score (nSPS) is 16.0. The molecular formula is C31H29ClN2O4. The summed E-state index contributed by atoms with van der Waals surface area (Å²) in [4.78, 5) is 30.8. The standard InChI is InChI=1S/C31H29ClN2O4/c1-31(2,3)20-8-6-18(7-9-20)27-26(28(35)25-17-19-16-21(32)10-15-24(19)38-25)29(36)30(37)34(27)23-13-11-22(12-14-23)33(4)5/h6-17,27,36H,1-5H3. The van der Waals surface area contributed by atoms with Gasteiger partial charge in [0.1, 0.15) is 5.58 Å². The lowest BCUT2D eigenvalue weighted by atomic mass is 9.85. The number of Topliss-reactive ketones (excluding diaryl/α,β-unsaturated/α-hetero) is 1.